The van der Waals surface area contributed by atoms with Crippen LogP contribution in [-0.2, 0) is 5.41 Å². The Morgan fingerprint density at radius 3 is 1.27 bits per heavy atom. The van der Waals surface area contributed by atoms with E-state index in [1.165, 1.54) is 0 Å². The van der Waals surface area contributed by atoms with Crippen molar-refractivity contribution in [2.24, 2.45) is 0 Å². The maximum atomic E-state index is 12.5. The van der Waals surface area contributed by atoms with E-state index in [0.717, 1.165) is 11.1 Å². The van der Waals surface area contributed by atoms with E-state index in [1.54, 1.807) is 36.4 Å². The lowest BCUT2D eigenvalue weighted by Crippen LogP contribution is -2.26. The third kappa shape index (κ3) is 5.45. The smallest absolute Gasteiger partial charge is 0.337 e. The first-order chi connectivity index (χ1) is 17.8. The Bertz CT molecular complexity index is 1470. The van der Waals surface area contributed by atoms with Gasteiger partial charge in [-0.3, -0.25) is 0 Å². The Balaban J connectivity index is 1.87. The monoisotopic (exact) mass is 484 g/mol. The molecule has 0 bridgehead atoms. The molecule has 0 spiro atoms. The standard InChI is InChI=1S/C33H24O4/c1-33(2,27-17-9-15-25(29(27)31(34)35)21-19-23-11-5-3-6-12-23)28-18-10-16-26(30(28)32(36)37)22-20-24-13-7-4-8-14-24/h3-18H,1-2H3,(H,34,35)(H,36,37). The Labute approximate surface area is 216 Å². The summed E-state index contributed by atoms with van der Waals surface area (Å²) in [6, 6.07) is 28.9. The lowest BCUT2D eigenvalue weighted by molar-refractivity contribution is 0.0686. The van der Waals surface area contributed by atoms with E-state index < -0.39 is 17.4 Å². The Kier molecular flexibility index (Phi) is 7.23. The molecular weight excluding hydrogens is 460 g/mol. The number of hydrogen-bond acceptors (Lipinski definition) is 2. The van der Waals surface area contributed by atoms with Crippen LogP contribution in [0.5, 0.6) is 0 Å². The van der Waals surface area contributed by atoms with Crippen LogP contribution in [-0.4, -0.2) is 22.2 Å². The van der Waals surface area contributed by atoms with Gasteiger partial charge in [-0.25, -0.2) is 9.59 Å². The number of carboxylic acids is 2. The molecule has 4 nitrogen and oxygen atoms in total. The molecule has 0 heterocycles. The predicted octanol–water partition coefficient (Wildman–Crippen LogP) is 6.21. The van der Waals surface area contributed by atoms with Crippen molar-refractivity contribution >= 4 is 11.9 Å². The van der Waals surface area contributed by atoms with E-state index in [4.69, 9.17) is 0 Å². The van der Waals surface area contributed by atoms with Crippen LogP contribution in [0, 0.1) is 23.7 Å². The van der Waals surface area contributed by atoms with Crippen LogP contribution in [0.25, 0.3) is 0 Å². The van der Waals surface area contributed by atoms with Crippen molar-refractivity contribution in [3.05, 3.63) is 142 Å². The minimum atomic E-state index is -1.13. The summed E-state index contributed by atoms with van der Waals surface area (Å²) in [4.78, 5) is 24.9. The van der Waals surface area contributed by atoms with Crippen LogP contribution in [0.1, 0.15) is 67.9 Å². The minimum Gasteiger partial charge on any atom is -0.478 e. The second-order valence-electron chi connectivity index (χ2n) is 8.92. The third-order valence-corrected chi connectivity index (χ3v) is 6.13. The second-order valence-corrected chi connectivity index (χ2v) is 8.92. The average Bonchev–Trinajstić information content (AvgIpc) is 2.91. The van der Waals surface area contributed by atoms with Crippen molar-refractivity contribution in [1.29, 1.82) is 0 Å². The fraction of sp³-hybridized carbons (Fsp3) is 0.0909. The van der Waals surface area contributed by atoms with Crippen molar-refractivity contribution in [2.75, 3.05) is 0 Å². The molecule has 0 aliphatic rings. The largest absolute Gasteiger partial charge is 0.478 e. The van der Waals surface area contributed by atoms with Gasteiger partial charge >= 0.3 is 11.9 Å². The van der Waals surface area contributed by atoms with E-state index in [9.17, 15) is 19.8 Å². The van der Waals surface area contributed by atoms with E-state index in [1.807, 2.05) is 74.5 Å². The van der Waals surface area contributed by atoms with Gasteiger partial charge in [0.2, 0.25) is 0 Å². The molecule has 0 radical (unpaired) electrons. The summed E-state index contributed by atoms with van der Waals surface area (Å²) < 4.78 is 0. The lowest BCUT2D eigenvalue weighted by atomic mass is 9.72. The molecule has 4 aromatic rings. The fourth-order valence-corrected chi connectivity index (χ4v) is 4.28. The molecule has 0 aliphatic heterocycles. The van der Waals surface area contributed by atoms with Crippen molar-refractivity contribution < 1.29 is 19.8 Å². The third-order valence-electron chi connectivity index (χ3n) is 6.13. The maximum absolute atomic E-state index is 12.5. The van der Waals surface area contributed by atoms with Gasteiger partial charge in [-0.2, -0.15) is 0 Å². The van der Waals surface area contributed by atoms with Gasteiger partial charge in [0.15, 0.2) is 0 Å². The molecule has 0 saturated carbocycles. The van der Waals surface area contributed by atoms with Gasteiger partial charge in [0.05, 0.1) is 11.1 Å². The van der Waals surface area contributed by atoms with Crippen molar-refractivity contribution in [1.82, 2.24) is 0 Å². The molecule has 0 saturated heterocycles. The van der Waals surface area contributed by atoms with Crippen LogP contribution in [0.2, 0.25) is 0 Å². The van der Waals surface area contributed by atoms with Gasteiger partial charge in [-0.15, -0.1) is 0 Å². The topological polar surface area (TPSA) is 74.6 Å². The van der Waals surface area contributed by atoms with E-state index in [2.05, 4.69) is 23.7 Å². The Morgan fingerprint density at radius 2 is 0.919 bits per heavy atom. The Hall–Kier alpha value is -5.06. The molecule has 0 fully saturated rings. The van der Waals surface area contributed by atoms with Crippen molar-refractivity contribution in [2.45, 2.75) is 19.3 Å². The van der Waals surface area contributed by atoms with Gasteiger partial charge in [0.1, 0.15) is 0 Å². The Morgan fingerprint density at radius 1 is 0.541 bits per heavy atom. The summed E-state index contributed by atoms with van der Waals surface area (Å²) in [5.74, 6) is 9.77. The number of aromatic carboxylic acids is 2. The number of carboxylic acid groups (broad SMARTS) is 2. The zero-order valence-corrected chi connectivity index (χ0v) is 20.4. The minimum absolute atomic E-state index is 0.0491. The number of carbonyl (C=O) groups is 2. The van der Waals surface area contributed by atoms with E-state index in [-0.39, 0.29) is 11.1 Å². The summed E-state index contributed by atoms with van der Waals surface area (Å²) in [5, 5.41) is 20.4. The second kappa shape index (κ2) is 10.7. The highest BCUT2D eigenvalue weighted by atomic mass is 16.4. The molecule has 0 unspecified atom stereocenters. The predicted molar refractivity (Wildman–Crippen MR) is 144 cm³/mol. The van der Waals surface area contributed by atoms with Crippen LogP contribution < -0.4 is 0 Å². The fourth-order valence-electron chi connectivity index (χ4n) is 4.28. The maximum Gasteiger partial charge on any atom is 0.337 e. The highest BCUT2D eigenvalue weighted by Gasteiger charge is 2.33. The molecule has 0 aromatic heterocycles. The number of rotatable bonds is 4. The molecule has 4 heteroatoms. The van der Waals surface area contributed by atoms with Gasteiger partial charge in [-0.05, 0) is 47.5 Å². The van der Waals surface area contributed by atoms with Crippen LogP contribution in [0.4, 0.5) is 0 Å². The molecule has 4 rings (SSSR count). The number of benzene rings is 4. The van der Waals surface area contributed by atoms with Gasteiger partial charge in [-0.1, -0.05) is 98.2 Å². The summed E-state index contributed by atoms with van der Waals surface area (Å²) in [6.45, 7) is 3.64. The average molecular weight is 485 g/mol. The van der Waals surface area contributed by atoms with E-state index in [0.29, 0.717) is 22.3 Å². The van der Waals surface area contributed by atoms with Crippen LogP contribution in [0.15, 0.2) is 97.1 Å². The van der Waals surface area contributed by atoms with Crippen molar-refractivity contribution in [3.63, 3.8) is 0 Å². The van der Waals surface area contributed by atoms with Gasteiger partial charge < -0.3 is 10.2 Å². The van der Waals surface area contributed by atoms with Gasteiger partial charge in [0.25, 0.3) is 0 Å². The summed E-state index contributed by atoms with van der Waals surface area (Å²) in [7, 11) is 0. The van der Waals surface area contributed by atoms with Crippen LogP contribution >= 0.6 is 0 Å². The van der Waals surface area contributed by atoms with Gasteiger partial charge in [0, 0.05) is 27.7 Å². The molecule has 4 aromatic carbocycles. The quantitative estimate of drug-likeness (QED) is 0.338. The highest BCUT2D eigenvalue weighted by molar-refractivity contribution is 5.95. The molecular formula is C33H24O4. The SMILES string of the molecule is CC(C)(c1cccc(C#Cc2ccccc2)c1C(=O)O)c1cccc(C#Cc2ccccc2)c1C(=O)O. The zero-order chi connectivity index (χ0) is 26.4. The summed E-state index contributed by atoms with van der Waals surface area (Å²) in [5.41, 5.74) is 2.31. The normalized spacial score (nSPS) is 10.4. The molecule has 0 aliphatic carbocycles. The molecule has 0 atom stereocenters. The molecule has 180 valence electrons. The van der Waals surface area contributed by atoms with E-state index >= 15 is 0 Å². The summed E-state index contributed by atoms with van der Waals surface area (Å²) in [6.07, 6.45) is 0. The number of hydrogen-bond donors (Lipinski definition) is 2. The molecule has 2 N–H and O–H groups in total. The first-order valence-electron chi connectivity index (χ1n) is 11.7. The lowest BCUT2D eigenvalue weighted by Gasteiger charge is -2.30. The van der Waals surface area contributed by atoms with Crippen molar-refractivity contribution in [3.8, 4) is 23.7 Å². The molecule has 0 amide bonds. The van der Waals surface area contributed by atoms with Crippen LogP contribution in [0.3, 0.4) is 0 Å². The molecule has 37 heavy (non-hydrogen) atoms. The first-order valence-corrected chi connectivity index (χ1v) is 11.7. The summed E-state index contributed by atoms with van der Waals surface area (Å²) >= 11 is 0. The first kappa shape index (κ1) is 25.0. The zero-order valence-electron chi connectivity index (χ0n) is 20.4. The highest BCUT2D eigenvalue weighted by Crippen LogP contribution is 2.37.